The van der Waals surface area contributed by atoms with Crippen LogP contribution in [0.25, 0.3) is 0 Å². The smallest absolute Gasteiger partial charge is 0.230 e. The van der Waals surface area contributed by atoms with Crippen molar-refractivity contribution >= 4 is 39.8 Å². The summed E-state index contributed by atoms with van der Waals surface area (Å²) in [6, 6.07) is 6.07. The van der Waals surface area contributed by atoms with Crippen LogP contribution in [0.3, 0.4) is 0 Å². The van der Waals surface area contributed by atoms with E-state index >= 15 is 0 Å². The Bertz CT molecular complexity index is 1040. The van der Waals surface area contributed by atoms with E-state index in [-0.39, 0.29) is 5.91 Å². The molecule has 0 saturated heterocycles. The lowest BCUT2D eigenvalue weighted by atomic mass is 10.1. The van der Waals surface area contributed by atoms with Crippen LogP contribution < -0.4 is 4.90 Å². The summed E-state index contributed by atoms with van der Waals surface area (Å²) in [4.78, 5) is 23.6. The largest absolute Gasteiger partial charge is 0.323 e. The van der Waals surface area contributed by atoms with Crippen molar-refractivity contribution < 1.29 is 4.79 Å². The molecule has 0 aliphatic rings. The van der Waals surface area contributed by atoms with Crippen LogP contribution in [0.2, 0.25) is 0 Å². The van der Waals surface area contributed by atoms with Crippen LogP contribution in [-0.4, -0.2) is 20.4 Å². The Morgan fingerprint density at radius 3 is 2.60 bits per heavy atom. The highest BCUT2D eigenvalue weighted by atomic mass is 32.2. The third-order valence-corrected chi connectivity index (χ3v) is 7.19. The van der Waals surface area contributed by atoms with E-state index in [1.165, 1.54) is 22.6 Å². The van der Waals surface area contributed by atoms with Gasteiger partial charge in [-0.1, -0.05) is 31.2 Å². The van der Waals surface area contributed by atoms with Gasteiger partial charge in [-0.25, -0.2) is 9.97 Å². The van der Waals surface area contributed by atoms with E-state index in [0.717, 1.165) is 52.9 Å². The molecule has 3 aromatic rings. The van der Waals surface area contributed by atoms with Gasteiger partial charge in [0, 0.05) is 30.3 Å². The number of unbranched alkanes of at least 4 members (excludes halogenated alkanes) is 1. The quantitative estimate of drug-likeness (QED) is 0.381. The van der Waals surface area contributed by atoms with Gasteiger partial charge < -0.3 is 4.57 Å². The Labute approximate surface area is 187 Å². The molecule has 0 aliphatic carbocycles. The molecule has 0 saturated carbocycles. The van der Waals surface area contributed by atoms with Crippen LogP contribution in [0.4, 0.5) is 10.8 Å². The van der Waals surface area contributed by atoms with Crippen molar-refractivity contribution in [3.05, 3.63) is 51.8 Å². The SMILES string of the molecule is CCCCn1c(SCc2csc(N(C(C)=O)c3ccc(C)c(C)c3)n2)nc(C)c1C. The molecule has 0 fully saturated rings. The number of imidazole rings is 1. The van der Waals surface area contributed by atoms with Crippen molar-refractivity contribution in [1.82, 2.24) is 14.5 Å². The van der Waals surface area contributed by atoms with Gasteiger partial charge in [0.1, 0.15) is 0 Å². The molecule has 160 valence electrons. The van der Waals surface area contributed by atoms with Gasteiger partial charge in [-0.2, -0.15) is 0 Å². The van der Waals surface area contributed by atoms with E-state index in [9.17, 15) is 4.79 Å². The maximum Gasteiger partial charge on any atom is 0.230 e. The number of aryl methyl sites for hydroxylation is 3. The van der Waals surface area contributed by atoms with E-state index < -0.39 is 0 Å². The van der Waals surface area contributed by atoms with Gasteiger partial charge >= 0.3 is 0 Å². The van der Waals surface area contributed by atoms with Crippen LogP contribution in [-0.2, 0) is 17.1 Å². The number of aromatic nitrogens is 3. The Morgan fingerprint density at radius 1 is 1.17 bits per heavy atom. The second-order valence-corrected chi connectivity index (χ2v) is 9.38. The fraction of sp³-hybridized carbons (Fsp3) is 0.435. The maximum atomic E-state index is 12.4. The molecule has 1 amide bonds. The number of carbonyl (C=O) groups excluding carboxylic acids is 1. The molecular formula is C23H30N4OS2. The van der Waals surface area contributed by atoms with Crippen molar-refractivity contribution in [2.45, 2.75) is 71.8 Å². The van der Waals surface area contributed by atoms with Gasteiger partial charge in [0.15, 0.2) is 10.3 Å². The second-order valence-electron chi connectivity index (χ2n) is 7.60. The van der Waals surface area contributed by atoms with Crippen LogP contribution in [0.15, 0.2) is 28.7 Å². The summed E-state index contributed by atoms with van der Waals surface area (Å²) >= 11 is 3.22. The predicted molar refractivity (Wildman–Crippen MR) is 127 cm³/mol. The average molecular weight is 443 g/mol. The normalized spacial score (nSPS) is 11.1. The summed E-state index contributed by atoms with van der Waals surface area (Å²) in [5.74, 6) is 0.699. The highest BCUT2D eigenvalue weighted by molar-refractivity contribution is 7.98. The van der Waals surface area contributed by atoms with E-state index in [1.54, 1.807) is 23.6 Å². The summed E-state index contributed by atoms with van der Waals surface area (Å²) in [5.41, 5.74) is 6.53. The molecule has 2 heterocycles. The third-order valence-electron chi connectivity index (χ3n) is 5.30. The van der Waals surface area contributed by atoms with E-state index in [2.05, 4.69) is 39.2 Å². The number of anilines is 2. The average Bonchev–Trinajstić information content (AvgIpc) is 3.26. The summed E-state index contributed by atoms with van der Waals surface area (Å²) in [6.45, 7) is 13.1. The monoisotopic (exact) mass is 442 g/mol. The highest BCUT2D eigenvalue weighted by Crippen LogP contribution is 2.32. The number of rotatable bonds is 8. The van der Waals surface area contributed by atoms with Gasteiger partial charge in [0.2, 0.25) is 5.91 Å². The number of nitrogens with zero attached hydrogens (tertiary/aromatic N) is 4. The first kappa shape index (κ1) is 22.6. The first-order chi connectivity index (χ1) is 14.3. The fourth-order valence-electron chi connectivity index (χ4n) is 3.21. The first-order valence-corrected chi connectivity index (χ1v) is 12.2. The highest BCUT2D eigenvalue weighted by Gasteiger charge is 2.19. The predicted octanol–water partition coefficient (Wildman–Crippen LogP) is 6.35. The Kier molecular flexibility index (Phi) is 7.36. The summed E-state index contributed by atoms with van der Waals surface area (Å²) < 4.78 is 2.31. The molecule has 0 aliphatic heterocycles. The first-order valence-electron chi connectivity index (χ1n) is 10.3. The summed E-state index contributed by atoms with van der Waals surface area (Å²) in [7, 11) is 0. The number of thioether (sulfide) groups is 1. The lowest BCUT2D eigenvalue weighted by molar-refractivity contribution is -0.115. The lowest BCUT2D eigenvalue weighted by Gasteiger charge is -2.19. The molecule has 0 spiro atoms. The zero-order valence-electron chi connectivity index (χ0n) is 18.7. The minimum Gasteiger partial charge on any atom is -0.323 e. The topological polar surface area (TPSA) is 51.0 Å². The maximum absolute atomic E-state index is 12.4. The van der Waals surface area contributed by atoms with Crippen molar-refractivity contribution in [3.8, 4) is 0 Å². The molecule has 3 rings (SSSR count). The Hall–Kier alpha value is -2.12. The summed E-state index contributed by atoms with van der Waals surface area (Å²) in [6.07, 6.45) is 2.31. The lowest BCUT2D eigenvalue weighted by Crippen LogP contribution is -2.22. The molecule has 0 atom stereocenters. The molecule has 0 N–H and O–H groups in total. The van der Waals surface area contributed by atoms with Crippen LogP contribution >= 0.6 is 23.1 Å². The summed E-state index contributed by atoms with van der Waals surface area (Å²) in [5, 5.41) is 3.80. The van der Waals surface area contributed by atoms with Gasteiger partial charge in [0.25, 0.3) is 0 Å². The molecule has 0 unspecified atom stereocenters. The van der Waals surface area contributed by atoms with Crippen molar-refractivity contribution in [1.29, 1.82) is 0 Å². The number of hydrogen-bond acceptors (Lipinski definition) is 5. The number of carbonyl (C=O) groups is 1. The van der Waals surface area contributed by atoms with Crippen LogP contribution in [0.1, 0.15) is 54.9 Å². The molecule has 30 heavy (non-hydrogen) atoms. The van der Waals surface area contributed by atoms with Gasteiger partial charge in [-0.3, -0.25) is 9.69 Å². The van der Waals surface area contributed by atoms with Crippen molar-refractivity contribution in [3.63, 3.8) is 0 Å². The molecule has 0 radical (unpaired) electrons. The zero-order valence-corrected chi connectivity index (χ0v) is 20.3. The van der Waals surface area contributed by atoms with Gasteiger partial charge in [-0.05, 0) is 57.4 Å². The van der Waals surface area contributed by atoms with E-state index in [1.807, 2.05) is 23.6 Å². The van der Waals surface area contributed by atoms with E-state index in [4.69, 9.17) is 9.97 Å². The van der Waals surface area contributed by atoms with Crippen LogP contribution in [0, 0.1) is 27.7 Å². The third kappa shape index (κ3) is 4.95. The number of amides is 1. The fourth-order valence-corrected chi connectivity index (χ4v) is 5.21. The van der Waals surface area contributed by atoms with Gasteiger partial charge in [-0.15, -0.1) is 11.3 Å². The minimum atomic E-state index is -0.0341. The van der Waals surface area contributed by atoms with E-state index in [0.29, 0.717) is 5.13 Å². The zero-order chi connectivity index (χ0) is 21.8. The molecule has 5 nitrogen and oxygen atoms in total. The van der Waals surface area contributed by atoms with Crippen molar-refractivity contribution in [2.75, 3.05) is 4.90 Å². The number of thiazole rings is 1. The Balaban J connectivity index is 1.78. The molecular weight excluding hydrogens is 412 g/mol. The molecule has 7 heteroatoms. The Morgan fingerprint density at radius 2 is 1.93 bits per heavy atom. The van der Waals surface area contributed by atoms with Crippen molar-refractivity contribution in [2.24, 2.45) is 0 Å². The standard InChI is InChI=1S/C23H30N4OS2/c1-7-8-11-26-18(5)17(4)24-22(26)29-13-20-14-30-23(25-20)27(19(6)28)21-10-9-15(2)16(3)12-21/h9-10,12,14H,7-8,11,13H2,1-6H3. The van der Waals surface area contributed by atoms with Gasteiger partial charge in [0.05, 0.1) is 17.1 Å². The molecule has 1 aromatic carbocycles. The molecule has 2 aromatic heterocycles. The van der Waals surface area contributed by atoms with Crippen LogP contribution in [0.5, 0.6) is 0 Å². The molecule has 0 bridgehead atoms. The minimum absolute atomic E-state index is 0.0341. The second kappa shape index (κ2) is 9.79. The number of hydrogen-bond donors (Lipinski definition) is 0. The number of benzene rings is 1.